The molecular formula is C17H12BrN3O4. The van der Waals surface area contributed by atoms with Crippen molar-refractivity contribution >= 4 is 33.5 Å². The third kappa shape index (κ3) is 3.74. The number of nitro benzene ring substituents is 1. The molecule has 0 atom stereocenters. The number of nitro groups is 1. The Hall–Kier alpha value is -3.00. The molecular weight excluding hydrogens is 390 g/mol. The normalized spacial score (nSPS) is 11.1. The van der Waals surface area contributed by atoms with Gasteiger partial charge in [-0.1, -0.05) is 22.0 Å². The fourth-order valence-electron chi connectivity index (χ4n) is 2.14. The molecule has 3 rings (SSSR count). The number of halogens is 1. The number of oxazole rings is 1. The van der Waals surface area contributed by atoms with Crippen LogP contribution in [0.3, 0.4) is 0 Å². The quantitative estimate of drug-likeness (QED) is 0.385. The minimum absolute atomic E-state index is 0.0905. The van der Waals surface area contributed by atoms with Gasteiger partial charge in [-0.25, -0.2) is 9.98 Å². The van der Waals surface area contributed by atoms with Crippen LogP contribution in [-0.2, 0) is 0 Å². The second kappa shape index (κ2) is 6.86. The average molecular weight is 402 g/mol. The van der Waals surface area contributed by atoms with Gasteiger partial charge in [0.15, 0.2) is 5.69 Å². The molecule has 0 aliphatic carbocycles. The molecule has 0 aliphatic rings. The van der Waals surface area contributed by atoms with Gasteiger partial charge in [-0.15, -0.1) is 0 Å². The number of aliphatic imine (C=N–C) groups is 1. The first kappa shape index (κ1) is 16.8. The first-order valence-corrected chi connectivity index (χ1v) is 7.98. The fraction of sp³-hybridized carbons (Fsp3) is 0.0588. The SMILES string of the molecule is Cc1ccc(N=Cc2nc(-c3ccc(Br)cc3)oc2O)c([N+](=O)[O-])c1. The van der Waals surface area contributed by atoms with E-state index in [4.69, 9.17) is 4.42 Å². The highest BCUT2D eigenvalue weighted by molar-refractivity contribution is 9.10. The van der Waals surface area contributed by atoms with Crippen molar-refractivity contribution in [2.75, 3.05) is 0 Å². The van der Waals surface area contributed by atoms with Gasteiger partial charge < -0.3 is 9.52 Å². The molecule has 1 aromatic heterocycles. The number of aromatic nitrogens is 1. The van der Waals surface area contributed by atoms with E-state index >= 15 is 0 Å². The summed E-state index contributed by atoms with van der Waals surface area (Å²) in [5.41, 5.74) is 1.58. The summed E-state index contributed by atoms with van der Waals surface area (Å²) in [6, 6.07) is 11.9. The van der Waals surface area contributed by atoms with Crippen LogP contribution in [0.5, 0.6) is 5.95 Å². The molecule has 7 nitrogen and oxygen atoms in total. The highest BCUT2D eigenvalue weighted by Crippen LogP contribution is 2.30. The van der Waals surface area contributed by atoms with Gasteiger partial charge in [-0.05, 0) is 42.8 Å². The van der Waals surface area contributed by atoms with Crippen LogP contribution < -0.4 is 0 Å². The molecule has 126 valence electrons. The lowest BCUT2D eigenvalue weighted by Crippen LogP contribution is -1.90. The molecule has 3 aromatic rings. The lowest BCUT2D eigenvalue weighted by molar-refractivity contribution is -0.384. The van der Waals surface area contributed by atoms with Crippen molar-refractivity contribution < 1.29 is 14.4 Å². The van der Waals surface area contributed by atoms with Crippen LogP contribution in [0.4, 0.5) is 11.4 Å². The molecule has 25 heavy (non-hydrogen) atoms. The van der Waals surface area contributed by atoms with Crippen molar-refractivity contribution in [1.82, 2.24) is 4.98 Å². The molecule has 1 N–H and O–H groups in total. The molecule has 1 heterocycles. The molecule has 0 fully saturated rings. The van der Waals surface area contributed by atoms with Crippen molar-refractivity contribution in [2.45, 2.75) is 6.92 Å². The highest BCUT2D eigenvalue weighted by Gasteiger charge is 2.15. The van der Waals surface area contributed by atoms with Crippen molar-refractivity contribution in [2.24, 2.45) is 4.99 Å². The van der Waals surface area contributed by atoms with Gasteiger partial charge in [-0.2, -0.15) is 0 Å². The summed E-state index contributed by atoms with van der Waals surface area (Å²) >= 11 is 3.34. The molecule has 0 bridgehead atoms. The Kier molecular flexibility index (Phi) is 4.62. The Labute approximate surface area is 150 Å². The topological polar surface area (TPSA) is 102 Å². The number of hydrogen-bond acceptors (Lipinski definition) is 6. The first-order chi connectivity index (χ1) is 11.9. The summed E-state index contributed by atoms with van der Waals surface area (Å²) in [7, 11) is 0. The van der Waals surface area contributed by atoms with E-state index < -0.39 is 10.9 Å². The molecule has 2 aromatic carbocycles. The summed E-state index contributed by atoms with van der Waals surface area (Å²) in [6.07, 6.45) is 1.23. The first-order valence-electron chi connectivity index (χ1n) is 7.19. The maximum atomic E-state index is 11.1. The predicted molar refractivity (Wildman–Crippen MR) is 96.4 cm³/mol. The van der Waals surface area contributed by atoms with Crippen LogP contribution in [0.15, 0.2) is 56.3 Å². The van der Waals surface area contributed by atoms with Gasteiger partial charge in [0.05, 0.1) is 11.1 Å². The third-order valence-electron chi connectivity index (χ3n) is 3.38. The zero-order valence-electron chi connectivity index (χ0n) is 13.0. The van der Waals surface area contributed by atoms with Crippen LogP contribution in [0.1, 0.15) is 11.3 Å². The summed E-state index contributed by atoms with van der Waals surface area (Å²) in [5, 5.41) is 21.0. The zero-order valence-corrected chi connectivity index (χ0v) is 14.6. The second-order valence-corrected chi connectivity index (χ2v) is 6.14. The lowest BCUT2D eigenvalue weighted by atomic mass is 10.2. The number of hydrogen-bond donors (Lipinski definition) is 1. The van der Waals surface area contributed by atoms with Gasteiger partial charge in [0, 0.05) is 16.1 Å². The predicted octanol–water partition coefficient (Wildman–Crippen LogP) is 4.78. The number of benzene rings is 2. The molecule has 8 heteroatoms. The Morgan fingerprint density at radius 3 is 2.68 bits per heavy atom. The van der Waals surface area contributed by atoms with Crippen molar-refractivity contribution in [3.63, 3.8) is 0 Å². The monoisotopic (exact) mass is 401 g/mol. The molecule has 0 saturated heterocycles. The van der Waals surface area contributed by atoms with E-state index in [1.165, 1.54) is 18.3 Å². The van der Waals surface area contributed by atoms with E-state index in [1.807, 2.05) is 12.1 Å². The largest absolute Gasteiger partial charge is 0.479 e. The lowest BCUT2D eigenvalue weighted by Gasteiger charge is -1.98. The second-order valence-electron chi connectivity index (χ2n) is 5.22. The third-order valence-corrected chi connectivity index (χ3v) is 3.91. The number of aromatic hydroxyl groups is 1. The maximum Gasteiger partial charge on any atom is 0.312 e. The van der Waals surface area contributed by atoms with Crippen LogP contribution in [0, 0.1) is 17.0 Å². The Bertz CT molecular complexity index is 965. The van der Waals surface area contributed by atoms with E-state index in [1.54, 1.807) is 25.1 Å². The number of rotatable bonds is 4. The van der Waals surface area contributed by atoms with Gasteiger partial charge in [-0.3, -0.25) is 10.1 Å². The van der Waals surface area contributed by atoms with E-state index in [0.717, 1.165) is 10.0 Å². The molecule has 0 unspecified atom stereocenters. The number of nitrogens with zero attached hydrogens (tertiary/aromatic N) is 3. The van der Waals surface area contributed by atoms with E-state index in [0.29, 0.717) is 5.56 Å². The fourth-order valence-corrected chi connectivity index (χ4v) is 2.41. The Morgan fingerprint density at radius 1 is 1.28 bits per heavy atom. The molecule has 0 aliphatic heterocycles. The molecule has 0 spiro atoms. The minimum atomic E-state index is -0.504. The summed E-state index contributed by atoms with van der Waals surface area (Å²) in [5.74, 6) is -0.179. The van der Waals surface area contributed by atoms with Crippen molar-refractivity contribution in [3.8, 4) is 17.4 Å². The van der Waals surface area contributed by atoms with E-state index in [2.05, 4.69) is 25.9 Å². The van der Waals surface area contributed by atoms with Crippen LogP contribution in [-0.4, -0.2) is 21.2 Å². The van der Waals surface area contributed by atoms with Gasteiger partial charge in [0.2, 0.25) is 5.89 Å². The van der Waals surface area contributed by atoms with Crippen molar-refractivity contribution in [3.05, 3.63) is 68.3 Å². The molecule has 0 saturated carbocycles. The average Bonchev–Trinajstić information content (AvgIpc) is 2.95. The highest BCUT2D eigenvalue weighted by atomic mass is 79.9. The van der Waals surface area contributed by atoms with Gasteiger partial charge in [0.1, 0.15) is 5.69 Å². The molecule has 0 amide bonds. The summed E-state index contributed by atoms with van der Waals surface area (Å²) < 4.78 is 6.13. The van der Waals surface area contributed by atoms with Gasteiger partial charge >= 0.3 is 5.95 Å². The van der Waals surface area contributed by atoms with Crippen LogP contribution in [0.25, 0.3) is 11.5 Å². The van der Waals surface area contributed by atoms with Crippen LogP contribution >= 0.6 is 15.9 Å². The minimum Gasteiger partial charge on any atom is -0.479 e. The number of aryl methyl sites for hydroxylation is 1. The van der Waals surface area contributed by atoms with Crippen molar-refractivity contribution in [1.29, 1.82) is 0 Å². The van der Waals surface area contributed by atoms with E-state index in [-0.39, 0.29) is 23.0 Å². The standard InChI is InChI=1S/C17H12BrN3O4/c1-10-2-7-13(15(8-10)21(23)24)19-9-14-17(22)25-16(20-14)11-3-5-12(18)6-4-11/h2-9,22H,1H3. The zero-order chi connectivity index (χ0) is 18.0. The van der Waals surface area contributed by atoms with Crippen LogP contribution in [0.2, 0.25) is 0 Å². The van der Waals surface area contributed by atoms with Gasteiger partial charge in [0.25, 0.3) is 5.69 Å². The Morgan fingerprint density at radius 2 is 2.00 bits per heavy atom. The summed E-state index contributed by atoms with van der Waals surface area (Å²) in [4.78, 5) is 18.8. The maximum absolute atomic E-state index is 11.1. The Balaban J connectivity index is 1.93. The molecule has 0 radical (unpaired) electrons. The summed E-state index contributed by atoms with van der Waals surface area (Å²) in [6.45, 7) is 1.76. The smallest absolute Gasteiger partial charge is 0.312 e. The van der Waals surface area contributed by atoms with E-state index in [9.17, 15) is 15.2 Å².